The summed E-state index contributed by atoms with van der Waals surface area (Å²) in [6.07, 6.45) is 1.82. The van der Waals surface area contributed by atoms with Crippen molar-refractivity contribution in [2.24, 2.45) is 0 Å². The van der Waals surface area contributed by atoms with E-state index < -0.39 is 0 Å². The normalized spacial score (nSPS) is 10.9. The zero-order chi connectivity index (χ0) is 17.5. The number of aryl methyl sites for hydroxylation is 1. The van der Waals surface area contributed by atoms with Crippen LogP contribution in [-0.2, 0) is 20.1 Å². The largest absolute Gasteiger partial charge is 0.351 e. The fraction of sp³-hybridized carbons (Fsp3) is 0.0417. The fourth-order valence-corrected chi connectivity index (χ4v) is 3.55. The molecule has 0 bridgehead atoms. The maximum atomic E-state index is 4.47. The Labute approximate surface area is 171 Å². The molecule has 5 aromatic rings. The van der Waals surface area contributed by atoms with Gasteiger partial charge in [-0.15, -0.1) is 23.8 Å². The Morgan fingerprint density at radius 3 is 2.37 bits per heavy atom. The van der Waals surface area contributed by atoms with E-state index in [2.05, 4.69) is 83.2 Å². The van der Waals surface area contributed by atoms with Gasteiger partial charge in [-0.05, 0) is 47.8 Å². The van der Waals surface area contributed by atoms with Crippen LogP contribution >= 0.6 is 0 Å². The first kappa shape index (κ1) is 17.7. The minimum absolute atomic E-state index is 0. The van der Waals surface area contributed by atoms with Gasteiger partial charge in [0.1, 0.15) is 0 Å². The van der Waals surface area contributed by atoms with E-state index in [0.717, 1.165) is 16.8 Å². The zero-order valence-corrected chi connectivity index (χ0v) is 17.2. The Balaban J connectivity index is 0.00000180. The van der Waals surface area contributed by atoms with Crippen LogP contribution in [0.3, 0.4) is 0 Å². The molecule has 0 saturated carbocycles. The van der Waals surface area contributed by atoms with Crippen LogP contribution in [0.1, 0.15) is 5.56 Å². The second-order valence-corrected chi connectivity index (χ2v) is 6.55. The summed E-state index contributed by atoms with van der Waals surface area (Å²) in [6, 6.07) is 30.9. The second-order valence-electron chi connectivity index (χ2n) is 6.55. The number of benzene rings is 3. The summed E-state index contributed by atoms with van der Waals surface area (Å²) in [6.45, 7) is 2.11. The predicted octanol–water partition coefficient (Wildman–Crippen LogP) is 5.95. The SMILES string of the molecule is Cc1ccc(-n2c3c[c-]c(-c4ccccn4)cc3c3ccccc32)cc1.[Ir]. The third-order valence-corrected chi connectivity index (χ3v) is 4.84. The molecule has 0 atom stereocenters. The number of rotatable bonds is 2. The molecule has 2 aromatic heterocycles. The third kappa shape index (κ3) is 2.99. The summed E-state index contributed by atoms with van der Waals surface area (Å²) in [5.41, 5.74) is 6.76. The van der Waals surface area contributed by atoms with Gasteiger partial charge in [0.15, 0.2) is 0 Å². The summed E-state index contributed by atoms with van der Waals surface area (Å²) in [5, 5.41) is 2.47. The molecule has 3 heteroatoms. The Kier molecular flexibility index (Phi) is 4.65. The van der Waals surface area contributed by atoms with E-state index in [1.165, 1.54) is 27.5 Å². The van der Waals surface area contributed by atoms with Gasteiger partial charge in [0.05, 0.1) is 0 Å². The fourth-order valence-electron chi connectivity index (χ4n) is 3.55. The second kappa shape index (κ2) is 7.11. The van der Waals surface area contributed by atoms with Crippen molar-refractivity contribution >= 4 is 21.8 Å². The van der Waals surface area contributed by atoms with Crippen molar-refractivity contribution < 1.29 is 20.1 Å². The van der Waals surface area contributed by atoms with Crippen LogP contribution in [0.4, 0.5) is 0 Å². The van der Waals surface area contributed by atoms with Gasteiger partial charge in [-0.25, -0.2) is 0 Å². The number of aromatic nitrogens is 2. The number of nitrogens with zero attached hydrogens (tertiary/aromatic N) is 2. The molecular formula is C24H17IrN2-. The van der Waals surface area contributed by atoms with Crippen LogP contribution in [0.2, 0.25) is 0 Å². The molecule has 5 rings (SSSR count). The maximum Gasteiger partial charge on any atom is 0.0436 e. The van der Waals surface area contributed by atoms with Crippen molar-refractivity contribution in [2.75, 3.05) is 0 Å². The van der Waals surface area contributed by atoms with Crippen molar-refractivity contribution in [1.82, 2.24) is 9.55 Å². The molecule has 0 aliphatic heterocycles. The van der Waals surface area contributed by atoms with Crippen molar-refractivity contribution in [3.8, 4) is 16.9 Å². The van der Waals surface area contributed by atoms with Gasteiger partial charge in [0.25, 0.3) is 0 Å². The molecule has 0 unspecified atom stereocenters. The zero-order valence-electron chi connectivity index (χ0n) is 14.8. The minimum atomic E-state index is 0. The number of hydrogen-bond donors (Lipinski definition) is 0. The monoisotopic (exact) mass is 526 g/mol. The molecule has 2 heterocycles. The molecule has 2 nitrogen and oxygen atoms in total. The van der Waals surface area contributed by atoms with Gasteiger partial charge in [-0.2, -0.15) is 0 Å². The number of fused-ring (bicyclic) bond motifs is 3. The van der Waals surface area contributed by atoms with Crippen LogP contribution in [0, 0.1) is 13.0 Å². The van der Waals surface area contributed by atoms with E-state index >= 15 is 0 Å². The van der Waals surface area contributed by atoms with Gasteiger partial charge < -0.3 is 9.55 Å². The van der Waals surface area contributed by atoms with Gasteiger partial charge in [-0.1, -0.05) is 53.4 Å². The maximum absolute atomic E-state index is 4.47. The topological polar surface area (TPSA) is 17.8 Å². The Hall–Kier alpha value is -2.74. The number of pyridine rings is 1. The number of hydrogen-bond acceptors (Lipinski definition) is 1. The Morgan fingerprint density at radius 2 is 1.59 bits per heavy atom. The molecule has 0 spiro atoms. The predicted molar refractivity (Wildman–Crippen MR) is 108 cm³/mol. The molecule has 0 saturated heterocycles. The quantitative estimate of drug-likeness (QED) is 0.261. The van der Waals surface area contributed by atoms with E-state index in [4.69, 9.17) is 0 Å². The number of para-hydroxylation sites is 1. The van der Waals surface area contributed by atoms with Gasteiger partial charge in [0.2, 0.25) is 0 Å². The molecule has 0 aliphatic carbocycles. The molecular weight excluding hydrogens is 508 g/mol. The van der Waals surface area contributed by atoms with Gasteiger partial charge in [0, 0.05) is 37.5 Å². The van der Waals surface area contributed by atoms with Crippen molar-refractivity contribution in [3.63, 3.8) is 0 Å². The summed E-state index contributed by atoms with van der Waals surface area (Å²) in [5.74, 6) is 0. The Bertz CT molecular complexity index is 1220. The third-order valence-electron chi connectivity index (χ3n) is 4.84. The van der Waals surface area contributed by atoms with Gasteiger partial charge >= 0.3 is 0 Å². The van der Waals surface area contributed by atoms with Crippen molar-refractivity contribution in [3.05, 3.63) is 96.7 Å². The van der Waals surface area contributed by atoms with E-state index in [9.17, 15) is 0 Å². The van der Waals surface area contributed by atoms with Crippen LogP contribution < -0.4 is 0 Å². The van der Waals surface area contributed by atoms with Crippen molar-refractivity contribution in [2.45, 2.75) is 6.92 Å². The summed E-state index contributed by atoms with van der Waals surface area (Å²) in [7, 11) is 0. The van der Waals surface area contributed by atoms with E-state index in [0.29, 0.717) is 0 Å². The molecule has 0 N–H and O–H groups in total. The average Bonchev–Trinajstić information content (AvgIpc) is 3.03. The first-order valence-electron chi connectivity index (χ1n) is 8.74. The standard InChI is InChI=1S/C24H17N2.Ir/c1-17-9-12-19(13-10-17)26-23-8-3-2-6-20(23)21-16-18(11-14-24(21)26)22-7-4-5-15-25-22;/h2-10,12-16H,1H3;/q-1;. The summed E-state index contributed by atoms with van der Waals surface area (Å²) in [4.78, 5) is 4.47. The van der Waals surface area contributed by atoms with Crippen LogP contribution in [0.15, 0.2) is 85.1 Å². The molecule has 3 aromatic carbocycles. The van der Waals surface area contributed by atoms with Crippen LogP contribution in [0.5, 0.6) is 0 Å². The molecule has 0 amide bonds. The summed E-state index contributed by atoms with van der Waals surface area (Å²) < 4.78 is 2.31. The first-order valence-corrected chi connectivity index (χ1v) is 8.74. The van der Waals surface area contributed by atoms with E-state index in [1.807, 2.05) is 24.4 Å². The molecule has 1 radical (unpaired) electrons. The van der Waals surface area contributed by atoms with Crippen LogP contribution in [0.25, 0.3) is 38.8 Å². The Morgan fingerprint density at radius 1 is 0.815 bits per heavy atom. The molecule has 0 fully saturated rings. The van der Waals surface area contributed by atoms with E-state index in [-0.39, 0.29) is 20.1 Å². The molecule has 27 heavy (non-hydrogen) atoms. The van der Waals surface area contributed by atoms with Crippen molar-refractivity contribution in [1.29, 1.82) is 0 Å². The summed E-state index contributed by atoms with van der Waals surface area (Å²) >= 11 is 0. The average molecular weight is 526 g/mol. The first-order chi connectivity index (χ1) is 12.8. The molecule has 0 aliphatic rings. The van der Waals surface area contributed by atoms with Crippen LogP contribution in [-0.4, -0.2) is 9.55 Å². The van der Waals surface area contributed by atoms with E-state index in [1.54, 1.807) is 0 Å². The molecule has 133 valence electrons. The minimum Gasteiger partial charge on any atom is -0.351 e. The smallest absolute Gasteiger partial charge is 0.0436 e. The van der Waals surface area contributed by atoms with Gasteiger partial charge in [-0.3, -0.25) is 0 Å².